The highest BCUT2D eigenvalue weighted by molar-refractivity contribution is 14.1. The Morgan fingerprint density at radius 3 is 2.48 bits per heavy atom. The summed E-state index contributed by atoms with van der Waals surface area (Å²) < 4.78 is 0.797. The molecule has 6 heteroatoms. The van der Waals surface area contributed by atoms with E-state index in [2.05, 4.69) is 22.6 Å². The molecule has 0 aliphatic heterocycles. The van der Waals surface area contributed by atoms with E-state index in [1.54, 1.807) is 12.1 Å². The molecule has 0 spiro atoms. The molecule has 0 atom stereocenters. The van der Waals surface area contributed by atoms with Crippen LogP contribution in [0.4, 0.5) is 11.4 Å². The highest BCUT2D eigenvalue weighted by atomic mass is 127. The molecular formula is C15H15IN2O3. The van der Waals surface area contributed by atoms with E-state index in [4.69, 9.17) is 0 Å². The van der Waals surface area contributed by atoms with Crippen molar-refractivity contribution in [3.05, 3.63) is 67.8 Å². The third-order valence-corrected chi connectivity index (χ3v) is 3.93. The molecule has 21 heavy (non-hydrogen) atoms. The van der Waals surface area contributed by atoms with Gasteiger partial charge in [-0.3, -0.25) is 10.1 Å². The molecule has 2 aromatic carbocycles. The van der Waals surface area contributed by atoms with Crippen LogP contribution in [0.25, 0.3) is 0 Å². The van der Waals surface area contributed by atoms with E-state index in [0.717, 1.165) is 14.8 Å². The first-order chi connectivity index (χ1) is 10.1. The monoisotopic (exact) mass is 398 g/mol. The number of aliphatic hydroxyl groups excluding tert-OH is 1. The largest absolute Gasteiger partial charge is 0.395 e. The lowest BCUT2D eigenvalue weighted by Gasteiger charge is -2.25. The van der Waals surface area contributed by atoms with Gasteiger partial charge in [-0.1, -0.05) is 30.3 Å². The Bertz CT molecular complexity index is 620. The number of hydrogen-bond acceptors (Lipinski definition) is 4. The Hall–Kier alpha value is -1.67. The molecule has 2 aromatic rings. The van der Waals surface area contributed by atoms with Gasteiger partial charge in [-0.2, -0.15) is 0 Å². The van der Waals surface area contributed by atoms with Gasteiger partial charge >= 0.3 is 0 Å². The average Bonchev–Trinajstić information content (AvgIpc) is 2.48. The number of rotatable bonds is 6. The number of benzene rings is 2. The molecule has 0 radical (unpaired) electrons. The molecule has 0 amide bonds. The maximum Gasteiger partial charge on any atom is 0.270 e. The number of anilines is 1. The van der Waals surface area contributed by atoms with Crippen molar-refractivity contribution in [1.82, 2.24) is 0 Å². The summed E-state index contributed by atoms with van der Waals surface area (Å²) in [6, 6.07) is 14.7. The van der Waals surface area contributed by atoms with Gasteiger partial charge in [0, 0.05) is 28.8 Å². The highest BCUT2D eigenvalue weighted by Crippen LogP contribution is 2.28. The summed E-state index contributed by atoms with van der Waals surface area (Å²) in [6.07, 6.45) is 0. The van der Waals surface area contributed by atoms with Crippen molar-refractivity contribution in [2.75, 3.05) is 18.1 Å². The van der Waals surface area contributed by atoms with Gasteiger partial charge in [0.15, 0.2) is 0 Å². The number of nitro benzene ring substituents is 1. The molecule has 0 aliphatic carbocycles. The quantitative estimate of drug-likeness (QED) is 0.461. The van der Waals surface area contributed by atoms with E-state index in [9.17, 15) is 15.2 Å². The van der Waals surface area contributed by atoms with Crippen LogP contribution in [0.15, 0.2) is 48.5 Å². The van der Waals surface area contributed by atoms with Crippen LogP contribution in [0.2, 0.25) is 0 Å². The van der Waals surface area contributed by atoms with Crippen LogP contribution in [-0.2, 0) is 6.54 Å². The lowest BCUT2D eigenvalue weighted by molar-refractivity contribution is -0.384. The maximum atomic E-state index is 10.8. The number of hydrogen-bond donors (Lipinski definition) is 1. The summed E-state index contributed by atoms with van der Waals surface area (Å²) in [7, 11) is 0. The Kier molecular flexibility index (Phi) is 5.51. The smallest absolute Gasteiger partial charge is 0.270 e. The molecule has 0 aliphatic rings. The molecule has 110 valence electrons. The van der Waals surface area contributed by atoms with Gasteiger partial charge in [-0.25, -0.2) is 0 Å². The normalized spacial score (nSPS) is 10.4. The van der Waals surface area contributed by atoms with Crippen LogP contribution in [-0.4, -0.2) is 23.2 Å². The zero-order valence-electron chi connectivity index (χ0n) is 11.3. The molecule has 5 nitrogen and oxygen atoms in total. The Morgan fingerprint density at radius 2 is 1.90 bits per heavy atom. The van der Waals surface area contributed by atoms with Crippen LogP contribution in [0, 0.1) is 13.7 Å². The van der Waals surface area contributed by atoms with E-state index in [1.165, 1.54) is 6.07 Å². The van der Waals surface area contributed by atoms with Crippen LogP contribution in [0.3, 0.4) is 0 Å². The molecule has 2 rings (SSSR count). The fourth-order valence-corrected chi connectivity index (χ4v) is 2.92. The standard InChI is InChI=1S/C15H15IN2O3/c16-14-10-13(18(20)21)6-7-15(14)17(8-9-19)11-12-4-2-1-3-5-12/h1-7,10,19H,8-9,11H2. The van der Waals surface area contributed by atoms with Gasteiger partial charge in [0.25, 0.3) is 5.69 Å². The van der Waals surface area contributed by atoms with Crippen molar-refractivity contribution < 1.29 is 10.0 Å². The fourth-order valence-electron chi connectivity index (χ4n) is 2.08. The first-order valence-electron chi connectivity index (χ1n) is 6.45. The van der Waals surface area contributed by atoms with Crippen molar-refractivity contribution in [3.63, 3.8) is 0 Å². The maximum absolute atomic E-state index is 10.8. The van der Waals surface area contributed by atoms with Crippen LogP contribution in [0.1, 0.15) is 5.56 Å². The third kappa shape index (κ3) is 4.15. The van der Waals surface area contributed by atoms with E-state index in [-0.39, 0.29) is 12.3 Å². The van der Waals surface area contributed by atoms with Crippen molar-refractivity contribution in [2.24, 2.45) is 0 Å². The second-order valence-electron chi connectivity index (χ2n) is 4.52. The van der Waals surface area contributed by atoms with Crippen molar-refractivity contribution >= 4 is 34.0 Å². The lowest BCUT2D eigenvalue weighted by Crippen LogP contribution is -2.26. The van der Waals surface area contributed by atoms with E-state index >= 15 is 0 Å². The number of nitrogens with zero attached hydrogens (tertiary/aromatic N) is 2. The minimum atomic E-state index is -0.403. The SMILES string of the molecule is O=[N+]([O-])c1ccc(N(CCO)Cc2ccccc2)c(I)c1. The second kappa shape index (κ2) is 7.37. The Labute approximate surface area is 136 Å². The summed E-state index contributed by atoms with van der Waals surface area (Å²) in [4.78, 5) is 12.4. The summed E-state index contributed by atoms with van der Waals surface area (Å²) >= 11 is 2.09. The van der Waals surface area contributed by atoms with E-state index in [1.807, 2.05) is 35.2 Å². The summed E-state index contributed by atoms with van der Waals surface area (Å²) in [5.74, 6) is 0. The number of nitro groups is 1. The van der Waals surface area contributed by atoms with Gasteiger partial charge in [-0.15, -0.1) is 0 Å². The predicted octanol–water partition coefficient (Wildman–Crippen LogP) is 3.20. The van der Waals surface area contributed by atoms with Crippen molar-refractivity contribution in [1.29, 1.82) is 0 Å². The Balaban J connectivity index is 2.27. The average molecular weight is 398 g/mol. The minimum absolute atomic E-state index is 0.0277. The van der Waals surface area contributed by atoms with Crippen molar-refractivity contribution in [2.45, 2.75) is 6.54 Å². The predicted molar refractivity (Wildman–Crippen MR) is 90.4 cm³/mol. The molecular weight excluding hydrogens is 383 g/mol. The first kappa shape index (κ1) is 15.7. The van der Waals surface area contributed by atoms with Crippen LogP contribution < -0.4 is 4.90 Å². The van der Waals surface area contributed by atoms with Crippen molar-refractivity contribution in [3.8, 4) is 0 Å². The third-order valence-electron chi connectivity index (χ3n) is 3.07. The molecule has 0 heterocycles. The molecule has 0 unspecified atom stereocenters. The second-order valence-corrected chi connectivity index (χ2v) is 5.69. The zero-order valence-corrected chi connectivity index (χ0v) is 13.4. The summed E-state index contributed by atoms with van der Waals surface area (Å²) in [6.45, 7) is 1.15. The molecule has 0 fully saturated rings. The minimum Gasteiger partial charge on any atom is -0.395 e. The summed E-state index contributed by atoms with van der Waals surface area (Å²) in [5.41, 5.74) is 2.09. The zero-order chi connectivity index (χ0) is 15.2. The van der Waals surface area contributed by atoms with Crippen LogP contribution >= 0.6 is 22.6 Å². The number of halogens is 1. The summed E-state index contributed by atoms with van der Waals surface area (Å²) in [5, 5.41) is 20.1. The number of aliphatic hydroxyl groups is 1. The molecule has 0 saturated heterocycles. The van der Waals surface area contributed by atoms with E-state index in [0.29, 0.717) is 13.1 Å². The molecule has 0 aromatic heterocycles. The molecule has 0 bridgehead atoms. The topological polar surface area (TPSA) is 66.6 Å². The molecule has 0 saturated carbocycles. The van der Waals surface area contributed by atoms with E-state index < -0.39 is 4.92 Å². The highest BCUT2D eigenvalue weighted by Gasteiger charge is 2.14. The fraction of sp³-hybridized carbons (Fsp3) is 0.200. The first-order valence-corrected chi connectivity index (χ1v) is 7.53. The lowest BCUT2D eigenvalue weighted by atomic mass is 10.2. The van der Waals surface area contributed by atoms with Crippen LogP contribution in [0.5, 0.6) is 0 Å². The van der Waals surface area contributed by atoms with Gasteiger partial charge in [-0.05, 0) is 34.2 Å². The van der Waals surface area contributed by atoms with Gasteiger partial charge in [0.05, 0.1) is 17.2 Å². The van der Waals surface area contributed by atoms with Gasteiger partial charge < -0.3 is 10.0 Å². The molecule has 1 N–H and O–H groups in total. The Morgan fingerprint density at radius 1 is 1.19 bits per heavy atom. The van der Waals surface area contributed by atoms with Gasteiger partial charge in [0.2, 0.25) is 0 Å². The number of non-ortho nitro benzene ring substituents is 1. The van der Waals surface area contributed by atoms with Gasteiger partial charge in [0.1, 0.15) is 0 Å².